The van der Waals surface area contributed by atoms with Crippen LogP contribution in [0.25, 0.3) is 16.9 Å². The number of hydrogen-bond acceptors (Lipinski definition) is 5. The topological polar surface area (TPSA) is 101 Å². The molecule has 0 radical (unpaired) electrons. The summed E-state index contributed by atoms with van der Waals surface area (Å²) in [6.45, 7) is 2.28. The van der Waals surface area contributed by atoms with Gasteiger partial charge in [0.25, 0.3) is 11.5 Å². The number of nitrogens with zero attached hydrogens (tertiary/aromatic N) is 3. The number of aromatic nitrogens is 4. The standard InChI is InChI=1S/C20H17N5O3/c1-2-28-20-14(9-6-10-21-20)16-11-17(26)25-18(24-16)15(12-22-25)19(27)23-13-7-4-3-5-8-13/h3-12,22H,2H2,1H3,(H,23,27). The number of benzene rings is 1. The van der Waals surface area contributed by atoms with Crippen LogP contribution in [-0.2, 0) is 0 Å². The minimum atomic E-state index is -0.370. The molecule has 0 aliphatic carbocycles. The van der Waals surface area contributed by atoms with Crippen molar-refractivity contribution in [2.24, 2.45) is 0 Å². The predicted molar refractivity (Wildman–Crippen MR) is 105 cm³/mol. The largest absolute Gasteiger partial charge is 0.477 e. The number of pyridine rings is 1. The molecule has 8 heteroatoms. The molecule has 0 bridgehead atoms. The van der Waals surface area contributed by atoms with E-state index in [1.54, 1.807) is 30.5 Å². The first-order valence-corrected chi connectivity index (χ1v) is 8.73. The smallest absolute Gasteiger partial charge is 0.273 e. The Labute approximate surface area is 159 Å². The molecule has 4 aromatic rings. The highest BCUT2D eigenvalue weighted by Gasteiger charge is 2.18. The second-order valence-corrected chi connectivity index (χ2v) is 5.94. The highest BCUT2D eigenvalue weighted by atomic mass is 16.5. The molecule has 140 valence electrons. The van der Waals surface area contributed by atoms with Crippen molar-refractivity contribution in [3.8, 4) is 17.1 Å². The number of aromatic amines is 1. The lowest BCUT2D eigenvalue weighted by Crippen LogP contribution is -2.17. The van der Waals surface area contributed by atoms with E-state index in [9.17, 15) is 9.59 Å². The van der Waals surface area contributed by atoms with Crippen molar-refractivity contribution in [2.45, 2.75) is 6.92 Å². The van der Waals surface area contributed by atoms with E-state index >= 15 is 0 Å². The minimum Gasteiger partial charge on any atom is -0.477 e. The highest BCUT2D eigenvalue weighted by Crippen LogP contribution is 2.26. The van der Waals surface area contributed by atoms with E-state index < -0.39 is 0 Å². The van der Waals surface area contributed by atoms with Crippen molar-refractivity contribution in [2.75, 3.05) is 11.9 Å². The number of hydrogen-bond donors (Lipinski definition) is 2. The van der Waals surface area contributed by atoms with E-state index in [0.29, 0.717) is 29.4 Å². The van der Waals surface area contributed by atoms with E-state index in [4.69, 9.17) is 4.74 Å². The van der Waals surface area contributed by atoms with Gasteiger partial charge in [-0.2, -0.15) is 0 Å². The van der Waals surface area contributed by atoms with Gasteiger partial charge in [-0.25, -0.2) is 14.5 Å². The van der Waals surface area contributed by atoms with Crippen molar-refractivity contribution in [1.29, 1.82) is 0 Å². The second kappa shape index (κ2) is 7.36. The molecule has 0 aliphatic heterocycles. The predicted octanol–water partition coefficient (Wildman–Crippen LogP) is 2.74. The molecule has 3 heterocycles. The van der Waals surface area contributed by atoms with Crippen molar-refractivity contribution in [3.05, 3.63) is 76.8 Å². The third-order valence-electron chi connectivity index (χ3n) is 4.10. The monoisotopic (exact) mass is 375 g/mol. The van der Waals surface area contributed by atoms with Crippen molar-refractivity contribution < 1.29 is 9.53 Å². The Morgan fingerprint density at radius 3 is 2.82 bits per heavy atom. The van der Waals surface area contributed by atoms with Gasteiger partial charge in [0.05, 0.1) is 17.9 Å². The summed E-state index contributed by atoms with van der Waals surface area (Å²) in [7, 11) is 0. The Morgan fingerprint density at radius 1 is 1.21 bits per heavy atom. The maximum atomic E-state index is 12.7. The number of anilines is 1. The molecule has 0 fully saturated rings. The van der Waals surface area contributed by atoms with Crippen LogP contribution in [0, 0.1) is 0 Å². The molecule has 8 nitrogen and oxygen atoms in total. The first-order chi connectivity index (χ1) is 13.7. The Balaban J connectivity index is 1.79. The number of para-hydroxylation sites is 1. The van der Waals surface area contributed by atoms with Gasteiger partial charge in [0.2, 0.25) is 5.88 Å². The number of carbonyl (C=O) groups excluding carboxylic acids is 1. The molecule has 1 aromatic carbocycles. The number of carbonyl (C=O) groups is 1. The minimum absolute atomic E-state index is 0.224. The summed E-state index contributed by atoms with van der Waals surface area (Å²) in [5.41, 5.74) is 1.75. The maximum absolute atomic E-state index is 12.7. The zero-order chi connectivity index (χ0) is 19.5. The maximum Gasteiger partial charge on any atom is 0.273 e. The van der Waals surface area contributed by atoms with Gasteiger partial charge in [0, 0.05) is 24.1 Å². The number of nitrogens with one attached hydrogen (secondary N) is 2. The normalized spacial score (nSPS) is 10.8. The molecule has 3 aromatic heterocycles. The van der Waals surface area contributed by atoms with Crippen LogP contribution in [0.4, 0.5) is 5.69 Å². The van der Waals surface area contributed by atoms with Gasteiger partial charge in [-0.15, -0.1) is 0 Å². The molecular weight excluding hydrogens is 358 g/mol. The third-order valence-corrected chi connectivity index (χ3v) is 4.10. The Morgan fingerprint density at radius 2 is 2.04 bits per heavy atom. The van der Waals surface area contributed by atoms with Crippen molar-refractivity contribution >= 4 is 17.2 Å². The van der Waals surface area contributed by atoms with Crippen LogP contribution in [0.2, 0.25) is 0 Å². The number of amides is 1. The Kier molecular flexibility index (Phi) is 4.59. The lowest BCUT2D eigenvalue weighted by atomic mass is 10.2. The molecular formula is C20H17N5O3. The van der Waals surface area contributed by atoms with Gasteiger partial charge in [0.1, 0.15) is 5.56 Å². The summed E-state index contributed by atoms with van der Waals surface area (Å²) in [4.78, 5) is 33.9. The van der Waals surface area contributed by atoms with Crippen LogP contribution in [0.3, 0.4) is 0 Å². The van der Waals surface area contributed by atoms with Crippen molar-refractivity contribution in [1.82, 2.24) is 19.6 Å². The van der Waals surface area contributed by atoms with E-state index in [1.165, 1.54) is 16.8 Å². The fourth-order valence-electron chi connectivity index (χ4n) is 2.84. The Hall–Kier alpha value is -3.94. The van der Waals surface area contributed by atoms with E-state index in [-0.39, 0.29) is 22.7 Å². The summed E-state index contributed by atoms with van der Waals surface area (Å²) in [5.74, 6) is 0.0114. The SMILES string of the molecule is CCOc1ncccc1-c1cc(=O)n2[nH]cc(C(=O)Nc3ccccc3)c2n1. The summed E-state index contributed by atoms with van der Waals surface area (Å²) < 4.78 is 6.76. The van der Waals surface area contributed by atoms with Crippen LogP contribution in [0.1, 0.15) is 17.3 Å². The van der Waals surface area contributed by atoms with Crippen LogP contribution < -0.4 is 15.6 Å². The van der Waals surface area contributed by atoms with Crippen LogP contribution in [-0.4, -0.2) is 32.1 Å². The lowest BCUT2D eigenvalue weighted by Gasteiger charge is -2.08. The van der Waals surface area contributed by atoms with Gasteiger partial charge < -0.3 is 10.1 Å². The van der Waals surface area contributed by atoms with Crippen LogP contribution in [0.5, 0.6) is 5.88 Å². The summed E-state index contributed by atoms with van der Waals surface area (Å²) in [5, 5.41) is 5.57. The van der Waals surface area contributed by atoms with Crippen molar-refractivity contribution in [3.63, 3.8) is 0 Å². The highest BCUT2D eigenvalue weighted by molar-refractivity contribution is 6.08. The first-order valence-electron chi connectivity index (χ1n) is 8.73. The number of rotatable bonds is 5. The lowest BCUT2D eigenvalue weighted by molar-refractivity contribution is 0.102. The van der Waals surface area contributed by atoms with Gasteiger partial charge in [-0.3, -0.25) is 14.7 Å². The zero-order valence-corrected chi connectivity index (χ0v) is 15.0. The summed E-state index contributed by atoms with van der Waals surface area (Å²) in [6.07, 6.45) is 3.06. The fraction of sp³-hybridized carbons (Fsp3) is 0.100. The second-order valence-electron chi connectivity index (χ2n) is 5.94. The van der Waals surface area contributed by atoms with Gasteiger partial charge in [-0.05, 0) is 31.2 Å². The molecule has 0 saturated heterocycles. The number of H-pyrrole nitrogens is 1. The molecule has 2 N–H and O–H groups in total. The molecule has 1 amide bonds. The average Bonchev–Trinajstić information content (AvgIpc) is 3.14. The quantitative estimate of drug-likeness (QED) is 0.558. The van der Waals surface area contributed by atoms with E-state index in [0.717, 1.165) is 0 Å². The van der Waals surface area contributed by atoms with Gasteiger partial charge in [0.15, 0.2) is 5.65 Å². The molecule has 28 heavy (non-hydrogen) atoms. The summed E-state index contributed by atoms with van der Waals surface area (Å²) in [6, 6.07) is 13.9. The number of fused-ring (bicyclic) bond motifs is 1. The molecule has 4 rings (SSSR count). The molecule has 0 aliphatic rings. The molecule has 0 saturated carbocycles. The van der Waals surface area contributed by atoms with E-state index in [2.05, 4.69) is 20.4 Å². The van der Waals surface area contributed by atoms with Crippen LogP contribution >= 0.6 is 0 Å². The summed E-state index contributed by atoms with van der Waals surface area (Å²) >= 11 is 0. The third kappa shape index (κ3) is 3.23. The average molecular weight is 375 g/mol. The zero-order valence-electron chi connectivity index (χ0n) is 15.0. The molecule has 0 spiro atoms. The Bertz CT molecular complexity index is 1200. The van der Waals surface area contributed by atoms with Gasteiger partial charge >= 0.3 is 0 Å². The van der Waals surface area contributed by atoms with E-state index in [1.807, 2.05) is 25.1 Å². The number of ether oxygens (including phenoxy) is 1. The first kappa shape index (κ1) is 17.5. The molecule has 0 unspecified atom stereocenters. The van der Waals surface area contributed by atoms with Gasteiger partial charge in [-0.1, -0.05) is 18.2 Å². The molecule has 0 atom stereocenters. The van der Waals surface area contributed by atoms with Crippen LogP contribution in [0.15, 0.2) is 65.7 Å². The fourth-order valence-corrected chi connectivity index (χ4v) is 2.84.